The molecule has 2 aromatic heterocycles. The SMILES string of the molecule is CC(=O)c1nn(CC(=O)N2C3C[C@]3(C)C[C@H]2C(=O)NCc2ccc3c(c2)CCCC3)c2c(C)cc(-c3cnc(C)nc3)cc12. The minimum atomic E-state index is -0.521. The summed E-state index contributed by atoms with van der Waals surface area (Å²) in [5.41, 5.74) is 7.54. The Balaban J connectivity index is 1.13. The van der Waals surface area contributed by atoms with Crippen molar-refractivity contribution < 1.29 is 14.4 Å². The van der Waals surface area contributed by atoms with E-state index in [1.54, 1.807) is 22.0 Å². The summed E-state index contributed by atoms with van der Waals surface area (Å²) in [6.45, 7) is 7.85. The first-order chi connectivity index (χ1) is 21.1. The second-order valence-corrected chi connectivity index (χ2v) is 13.2. The highest BCUT2D eigenvalue weighted by Gasteiger charge is 2.64. The zero-order chi connectivity index (χ0) is 30.7. The third-order valence-electron chi connectivity index (χ3n) is 9.87. The van der Waals surface area contributed by atoms with E-state index in [4.69, 9.17) is 0 Å². The molecular formula is C35H38N6O3. The number of nitrogens with zero attached hydrogens (tertiary/aromatic N) is 5. The van der Waals surface area contributed by atoms with Crippen LogP contribution in [0.1, 0.15) is 78.1 Å². The second kappa shape index (κ2) is 10.6. The number of aryl methyl sites for hydroxylation is 4. The Morgan fingerprint density at radius 2 is 1.73 bits per heavy atom. The van der Waals surface area contributed by atoms with Gasteiger partial charge in [0.2, 0.25) is 11.8 Å². The molecule has 44 heavy (non-hydrogen) atoms. The smallest absolute Gasteiger partial charge is 0.245 e. The van der Waals surface area contributed by atoms with Gasteiger partial charge in [0.05, 0.1) is 5.52 Å². The van der Waals surface area contributed by atoms with Crippen LogP contribution in [0.5, 0.6) is 0 Å². The van der Waals surface area contributed by atoms with Crippen molar-refractivity contribution in [3.8, 4) is 11.1 Å². The van der Waals surface area contributed by atoms with Gasteiger partial charge in [-0.2, -0.15) is 5.10 Å². The van der Waals surface area contributed by atoms with Crippen molar-refractivity contribution in [2.45, 2.75) is 91.4 Å². The standard InChI is InChI=1S/C35H38N6O3/c1-20-11-26(27-17-36-22(3)37-18-27)13-28-32(21(2)42)39-40(33(20)28)19-31(43)41-29(14-35(4)15-30(35)41)34(44)38-16-23-9-10-24-7-5-6-8-25(24)12-23/h9-13,17-18,29-30H,5-8,14-16,19H2,1-4H3,(H,38,44)/t29-,30?,35-/m0/s1. The molecule has 4 aromatic rings. The van der Waals surface area contributed by atoms with Crippen LogP contribution in [0, 0.1) is 19.3 Å². The monoisotopic (exact) mass is 590 g/mol. The number of fused-ring (bicyclic) bond motifs is 3. The number of Topliss-reactive ketones (excluding diaryl/α,β-unsaturated/α-hetero) is 1. The summed E-state index contributed by atoms with van der Waals surface area (Å²) < 4.78 is 1.64. The summed E-state index contributed by atoms with van der Waals surface area (Å²) in [5.74, 6) is 0.246. The van der Waals surface area contributed by atoms with Crippen LogP contribution in [0.15, 0.2) is 42.7 Å². The van der Waals surface area contributed by atoms with Gasteiger partial charge in [0, 0.05) is 42.9 Å². The van der Waals surface area contributed by atoms with Gasteiger partial charge in [-0.3, -0.25) is 19.1 Å². The van der Waals surface area contributed by atoms with Gasteiger partial charge in [-0.05, 0) is 97.7 Å². The van der Waals surface area contributed by atoms with Gasteiger partial charge < -0.3 is 10.2 Å². The average Bonchev–Trinajstić information content (AvgIpc) is 3.36. The Bertz CT molecular complexity index is 1830. The third kappa shape index (κ3) is 4.98. The van der Waals surface area contributed by atoms with E-state index in [1.807, 2.05) is 26.0 Å². The molecule has 1 saturated carbocycles. The van der Waals surface area contributed by atoms with Gasteiger partial charge in [0.1, 0.15) is 24.1 Å². The highest BCUT2D eigenvalue weighted by molar-refractivity contribution is 6.07. The lowest BCUT2D eigenvalue weighted by Gasteiger charge is -2.27. The van der Waals surface area contributed by atoms with Crippen LogP contribution in [0.2, 0.25) is 0 Å². The number of benzene rings is 2. The molecule has 2 fully saturated rings. The summed E-state index contributed by atoms with van der Waals surface area (Å²) >= 11 is 0. The van der Waals surface area contributed by atoms with Crippen molar-refractivity contribution in [2.75, 3.05) is 0 Å². The number of carbonyl (C=O) groups excluding carboxylic acids is 3. The molecular weight excluding hydrogens is 552 g/mol. The van der Waals surface area contributed by atoms with E-state index in [2.05, 4.69) is 45.5 Å². The van der Waals surface area contributed by atoms with Crippen LogP contribution < -0.4 is 5.32 Å². The first-order valence-corrected chi connectivity index (χ1v) is 15.6. The quantitative estimate of drug-likeness (QED) is 0.307. The Labute approximate surface area is 257 Å². The largest absolute Gasteiger partial charge is 0.350 e. The third-order valence-corrected chi connectivity index (χ3v) is 9.87. The molecule has 3 aliphatic rings. The lowest BCUT2D eigenvalue weighted by molar-refractivity contribution is -0.140. The van der Waals surface area contributed by atoms with Crippen LogP contribution in [-0.2, 0) is 35.5 Å². The predicted molar refractivity (Wildman–Crippen MR) is 167 cm³/mol. The predicted octanol–water partition coefficient (Wildman–Crippen LogP) is 4.89. The Morgan fingerprint density at radius 3 is 2.48 bits per heavy atom. The number of piperidine rings is 1. The Morgan fingerprint density at radius 1 is 0.977 bits per heavy atom. The van der Waals surface area contributed by atoms with Crippen molar-refractivity contribution in [1.82, 2.24) is 30.0 Å². The zero-order valence-electron chi connectivity index (χ0n) is 25.8. The van der Waals surface area contributed by atoms with Gasteiger partial charge in [-0.15, -0.1) is 0 Å². The molecule has 0 spiro atoms. The van der Waals surface area contributed by atoms with Crippen molar-refractivity contribution >= 4 is 28.5 Å². The molecule has 9 nitrogen and oxygen atoms in total. The molecule has 1 saturated heterocycles. The molecule has 0 bridgehead atoms. The van der Waals surface area contributed by atoms with Crippen molar-refractivity contribution in [3.05, 3.63) is 76.5 Å². The first kappa shape index (κ1) is 28.4. The first-order valence-electron chi connectivity index (χ1n) is 15.6. The van der Waals surface area contributed by atoms with E-state index >= 15 is 0 Å². The number of amides is 2. The van der Waals surface area contributed by atoms with E-state index < -0.39 is 6.04 Å². The van der Waals surface area contributed by atoms with Crippen LogP contribution in [-0.4, -0.2) is 54.3 Å². The molecule has 7 rings (SSSR count). The molecule has 2 amide bonds. The molecule has 1 aliphatic heterocycles. The topological polar surface area (TPSA) is 110 Å². The average molecular weight is 591 g/mol. The number of carbonyl (C=O) groups is 3. The molecule has 0 radical (unpaired) electrons. The molecule has 226 valence electrons. The summed E-state index contributed by atoms with van der Waals surface area (Å²) in [6.07, 6.45) is 9.75. The van der Waals surface area contributed by atoms with Crippen molar-refractivity contribution in [3.63, 3.8) is 0 Å². The van der Waals surface area contributed by atoms with E-state index in [-0.39, 0.29) is 35.6 Å². The molecule has 9 heteroatoms. The zero-order valence-corrected chi connectivity index (χ0v) is 25.8. The van der Waals surface area contributed by atoms with Crippen LogP contribution in [0.25, 0.3) is 22.0 Å². The highest BCUT2D eigenvalue weighted by atomic mass is 16.2. The number of ketones is 1. The van der Waals surface area contributed by atoms with Gasteiger partial charge in [-0.25, -0.2) is 9.97 Å². The molecule has 1 unspecified atom stereocenters. The van der Waals surface area contributed by atoms with E-state index in [0.29, 0.717) is 29.9 Å². The van der Waals surface area contributed by atoms with Crippen LogP contribution in [0.4, 0.5) is 0 Å². The maximum atomic E-state index is 14.0. The fourth-order valence-electron chi connectivity index (χ4n) is 7.38. The maximum absolute atomic E-state index is 14.0. The summed E-state index contributed by atoms with van der Waals surface area (Å²) in [6, 6.07) is 9.97. The number of aromatic nitrogens is 4. The van der Waals surface area contributed by atoms with E-state index in [1.165, 1.54) is 30.9 Å². The summed E-state index contributed by atoms with van der Waals surface area (Å²) in [5, 5.41) is 8.45. The Hall–Kier alpha value is -4.40. The van der Waals surface area contributed by atoms with Gasteiger partial charge >= 0.3 is 0 Å². The second-order valence-electron chi connectivity index (χ2n) is 13.2. The van der Waals surface area contributed by atoms with Gasteiger partial charge in [-0.1, -0.05) is 25.1 Å². The van der Waals surface area contributed by atoms with Crippen molar-refractivity contribution in [1.29, 1.82) is 0 Å². The van der Waals surface area contributed by atoms with Crippen LogP contribution >= 0.6 is 0 Å². The number of rotatable bonds is 7. The number of likely N-dealkylation sites (tertiary alicyclic amines) is 1. The molecule has 2 aliphatic carbocycles. The molecule has 3 heterocycles. The highest BCUT2D eigenvalue weighted by Crippen LogP contribution is 2.59. The number of hydrogen-bond acceptors (Lipinski definition) is 6. The molecule has 1 N–H and O–H groups in total. The van der Waals surface area contributed by atoms with Crippen LogP contribution in [0.3, 0.4) is 0 Å². The number of nitrogens with one attached hydrogen (secondary N) is 1. The summed E-state index contributed by atoms with van der Waals surface area (Å²) in [7, 11) is 0. The number of hydrogen-bond donors (Lipinski definition) is 1. The minimum Gasteiger partial charge on any atom is -0.350 e. The van der Waals surface area contributed by atoms with E-state index in [0.717, 1.165) is 47.0 Å². The Kier molecular flexibility index (Phi) is 6.86. The fourth-order valence-corrected chi connectivity index (χ4v) is 7.38. The lowest BCUT2D eigenvalue weighted by Crippen LogP contribution is -2.48. The van der Waals surface area contributed by atoms with Gasteiger partial charge in [0.15, 0.2) is 5.78 Å². The van der Waals surface area contributed by atoms with Crippen molar-refractivity contribution in [2.24, 2.45) is 5.41 Å². The fraction of sp³-hybridized carbons (Fsp3) is 0.429. The summed E-state index contributed by atoms with van der Waals surface area (Å²) in [4.78, 5) is 50.6. The molecule has 2 aromatic carbocycles. The van der Waals surface area contributed by atoms with Gasteiger partial charge in [0.25, 0.3) is 0 Å². The minimum absolute atomic E-state index is 0.0397. The lowest BCUT2D eigenvalue weighted by atomic mass is 9.90. The molecule has 3 atom stereocenters. The normalized spacial score (nSPS) is 22.0. The maximum Gasteiger partial charge on any atom is 0.245 e. The van der Waals surface area contributed by atoms with E-state index in [9.17, 15) is 14.4 Å².